The number of aromatic nitrogens is 2. The molecule has 6 nitrogen and oxygen atoms in total. The van der Waals surface area contributed by atoms with E-state index in [1.54, 1.807) is 24.4 Å². The number of hydrogen-bond acceptors (Lipinski definition) is 5. The lowest BCUT2D eigenvalue weighted by atomic mass is 10.1. The van der Waals surface area contributed by atoms with Crippen LogP contribution in [0.4, 0.5) is 0 Å². The van der Waals surface area contributed by atoms with Gasteiger partial charge < -0.3 is 9.47 Å². The van der Waals surface area contributed by atoms with Crippen LogP contribution >= 0.6 is 59.4 Å². The maximum atomic E-state index is 13.4. The molecule has 4 aromatic rings. The van der Waals surface area contributed by atoms with Crippen molar-refractivity contribution in [1.82, 2.24) is 9.66 Å². The zero-order chi connectivity index (χ0) is 27.4. The summed E-state index contributed by atoms with van der Waals surface area (Å²) in [6, 6.07) is 14.9. The Bertz CT molecular complexity index is 1570. The molecule has 38 heavy (non-hydrogen) atoms. The van der Waals surface area contributed by atoms with Gasteiger partial charge in [0, 0.05) is 24.9 Å². The van der Waals surface area contributed by atoms with Crippen LogP contribution in [-0.4, -0.2) is 22.5 Å². The number of nitrogens with zero attached hydrogens (tertiary/aromatic N) is 3. The molecule has 0 amide bonds. The Labute approximate surface area is 251 Å². The van der Waals surface area contributed by atoms with Gasteiger partial charge in [0.25, 0.3) is 5.56 Å². The lowest BCUT2D eigenvalue weighted by molar-refractivity contribution is 0.269. The molecule has 198 valence electrons. The molecule has 0 fully saturated rings. The molecule has 10 heteroatoms. The minimum Gasteiger partial charge on any atom is -0.490 e. The van der Waals surface area contributed by atoms with E-state index < -0.39 is 0 Å². The number of fused-ring (bicyclic) bond motifs is 1. The van der Waals surface area contributed by atoms with Crippen molar-refractivity contribution in [3.05, 3.63) is 94.3 Å². The first-order valence-corrected chi connectivity index (χ1v) is 14.8. The molecule has 0 bridgehead atoms. The smallest absolute Gasteiger partial charge is 0.282 e. The summed E-state index contributed by atoms with van der Waals surface area (Å²) in [6.07, 6.45) is 2.40. The highest BCUT2D eigenvalue weighted by atomic mass is 79.9. The summed E-state index contributed by atoms with van der Waals surface area (Å²) in [5, 5.41) is 5.41. The standard InChI is InChI=1S/C28H25Br3ClN3O3/c1-4-16(3)27-34-24-9-8-19(29)12-21(24)28(36)35(27)33-14-17-10-23(32)26(25(11-17)37-5-2)38-15-18-6-7-20(30)13-22(18)31/h6-14,16H,4-5,15H2,1-3H3/t16-/m0/s1. The highest BCUT2D eigenvalue weighted by Gasteiger charge is 2.17. The van der Waals surface area contributed by atoms with Crippen molar-refractivity contribution in [2.45, 2.75) is 39.7 Å². The van der Waals surface area contributed by atoms with E-state index in [0.29, 0.717) is 52.0 Å². The van der Waals surface area contributed by atoms with Gasteiger partial charge in [-0.2, -0.15) is 9.78 Å². The van der Waals surface area contributed by atoms with Crippen molar-refractivity contribution in [3.8, 4) is 11.5 Å². The van der Waals surface area contributed by atoms with Crippen LogP contribution in [0.25, 0.3) is 10.9 Å². The number of ether oxygens (including phenoxy) is 2. The Hall–Kier alpha value is -2.20. The third-order valence-corrected chi connectivity index (χ3v) is 7.93. The van der Waals surface area contributed by atoms with Gasteiger partial charge in [-0.15, -0.1) is 0 Å². The normalized spacial score (nSPS) is 12.3. The average molecular weight is 727 g/mol. The Balaban J connectivity index is 1.71. The van der Waals surface area contributed by atoms with Gasteiger partial charge in [0.05, 0.1) is 28.7 Å². The lowest BCUT2D eigenvalue weighted by Crippen LogP contribution is -2.23. The molecule has 0 unspecified atom stereocenters. The molecule has 0 spiro atoms. The van der Waals surface area contributed by atoms with Crippen molar-refractivity contribution >= 4 is 76.5 Å². The van der Waals surface area contributed by atoms with Crippen molar-refractivity contribution in [1.29, 1.82) is 0 Å². The fraction of sp³-hybridized carbons (Fsp3) is 0.250. The van der Waals surface area contributed by atoms with Crippen LogP contribution in [0.15, 0.2) is 71.8 Å². The summed E-state index contributed by atoms with van der Waals surface area (Å²) in [6.45, 7) is 6.69. The van der Waals surface area contributed by atoms with E-state index in [1.165, 1.54) is 4.68 Å². The SMILES string of the molecule is CCOc1cc(C=Nn2c([C@@H](C)CC)nc3ccc(Br)cc3c2=O)cc(Cl)c1OCc1ccc(Br)cc1Br. The molecule has 0 aliphatic carbocycles. The van der Waals surface area contributed by atoms with Gasteiger partial charge in [-0.25, -0.2) is 4.98 Å². The molecule has 0 aliphatic heterocycles. The molecule has 1 heterocycles. The Morgan fingerprint density at radius 1 is 1.05 bits per heavy atom. The molecule has 0 saturated heterocycles. The second-order valence-corrected chi connectivity index (χ2v) is 11.7. The Morgan fingerprint density at radius 2 is 1.79 bits per heavy atom. The molecule has 0 saturated carbocycles. The molecule has 4 rings (SSSR count). The van der Waals surface area contributed by atoms with Crippen molar-refractivity contribution in [2.75, 3.05) is 6.61 Å². The summed E-state index contributed by atoms with van der Waals surface area (Å²) in [5.74, 6) is 1.56. The van der Waals surface area contributed by atoms with E-state index in [2.05, 4.69) is 59.8 Å². The highest BCUT2D eigenvalue weighted by Crippen LogP contribution is 2.37. The number of hydrogen-bond donors (Lipinski definition) is 0. The molecule has 1 aromatic heterocycles. The van der Waals surface area contributed by atoms with E-state index in [9.17, 15) is 4.79 Å². The topological polar surface area (TPSA) is 65.7 Å². The number of rotatable bonds is 9. The molecular weight excluding hydrogens is 701 g/mol. The number of halogens is 4. The van der Waals surface area contributed by atoms with Gasteiger partial charge in [0.1, 0.15) is 12.4 Å². The van der Waals surface area contributed by atoms with Crippen molar-refractivity contribution in [3.63, 3.8) is 0 Å². The second-order valence-electron chi connectivity index (χ2n) is 8.59. The van der Waals surface area contributed by atoms with Gasteiger partial charge >= 0.3 is 0 Å². The summed E-state index contributed by atoms with van der Waals surface area (Å²) < 4.78 is 16.0. The van der Waals surface area contributed by atoms with Gasteiger partial charge in [0.2, 0.25) is 0 Å². The monoisotopic (exact) mass is 723 g/mol. The van der Waals surface area contributed by atoms with Crippen molar-refractivity contribution in [2.24, 2.45) is 5.10 Å². The second kappa shape index (κ2) is 12.8. The van der Waals surface area contributed by atoms with Crippen LogP contribution in [0.1, 0.15) is 50.1 Å². The fourth-order valence-corrected chi connectivity index (χ4v) is 5.55. The average Bonchev–Trinajstić information content (AvgIpc) is 2.88. The summed E-state index contributed by atoms with van der Waals surface area (Å²) in [4.78, 5) is 18.2. The summed E-state index contributed by atoms with van der Waals surface area (Å²) >= 11 is 17.1. The minimum atomic E-state index is -0.237. The van der Waals surface area contributed by atoms with E-state index in [1.807, 2.05) is 44.2 Å². The molecule has 3 aromatic carbocycles. The van der Waals surface area contributed by atoms with Crippen LogP contribution < -0.4 is 15.0 Å². The van der Waals surface area contributed by atoms with Crippen LogP contribution in [0.5, 0.6) is 11.5 Å². The molecule has 0 aliphatic rings. The molecule has 1 atom stereocenters. The third kappa shape index (κ3) is 6.50. The summed E-state index contributed by atoms with van der Waals surface area (Å²) in [7, 11) is 0. The fourth-order valence-electron chi connectivity index (χ4n) is 3.76. The minimum absolute atomic E-state index is 0.0316. The first kappa shape index (κ1) is 28.8. The molecular formula is C28H25Br3ClN3O3. The zero-order valence-corrected chi connectivity index (χ0v) is 26.5. The first-order valence-electron chi connectivity index (χ1n) is 12.0. The van der Waals surface area contributed by atoms with E-state index >= 15 is 0 Å². The summed E-state index contributed by atoms with van der Waals surface area (Å²) in [5.41, 5.74) is 2.02. The third-order valence-electron chi connectivity index (χ3n) is 5.93. The van der Waals surface area contributed by atoms with Gasteiger partial charge in [-0.1, -0.05) is 79.3 Å². The maximum absolute atomic E-state index is 13.4. The van der Waals surface area contributed by atoms with E-state index in [0.717, 1.165) is 25.4 Å². The Morgan fingerprint density at radius 3 is 2.50 bits per heavy atom. The Kier molecular flexibility index (Phi) is 9.68. The molecule has 0 N–H and O–H groups in total. The van der Waals surface area contributed by atoms with E-state index in [-0.39, 0.29) is 11.5 Å². The van der Waals surface area contributed by atoms with Gasteiger partial charge in [0.15, 0.2) is 11.5 Å². The zero-order valence-electron chi connectivity index (χ0n) is 21.0. The predicted octanol–water partition coefficient (Wildman–Crippen LogP) is 8.71. The first-order chi connectivity index (χ1) is 18.2. The van der Waals surface area contributed by atoms with Gasteiger partial charge in [-0.3, -0.25) is 4.79 Å². The maximum Gasteiger partial charge on any atom is 0.282 e. The van der Waals surface area contributed by atoms with Gasteiger partial charge in [-0.05, 0) is 61.4 Å². The van der Waals surface area contributed by atoms with Crippen LogP contribution in [0.3, 0.4) is 0 Å². The van der Waals surface area contributed by atoms with Crippen LogP contribution in [0, 0.1) is 0 Å². The van der Waals surface area contributed by atoms with Crippen LogP contribution in [-0.2, 0) is 6.61 Å². The van der Waals surface area contributed by atoms with Crippen LogP contribution in [0.2, 0.25) is 5.02 Å². The van der Waals surface area contributed by atoms with E-state index in [4.69, 9.17) is 26.1 Å². The predicted molar refractivity (Wildman–Crippen MR) is 164 cm³/mol. The van der Waals surface area contributed by atoms with Crippen molar-refractivity contribution < 1.29 is 9.47 Å². The lowest BCUT2D eigenvalue weighted by Gasteiger charge is -2.16. The quantitative estimate of drug-likeness (QED) is 0.162. The molecule has 0 radical (unpaired) electrons. The highest BCUT2D eigenvalue weighted by molar-refractivity contribution is 9.11. The number of benzene rings is 3. The largest absolute Gasteiger partial charge is 0.490 e.